The summed E-state index contributed by atoms with van der Waals surface area (Å²) in [6.07, 6.45) is 0.655. The zero-order chi connectivity index (χ0) is 25.7. The van der Waals surface area contributed by atoms with Crippen molar-refractivity contribution in [1.82, 2.24) is 15.3 Å². The minimum absolute atomic E-state index is 0.104. The SMILES string of the molecule is CC(=O)N(CC1CCc2nc(N)nc(N)c2N1)c1ccc(C(=O)N[C@@H](CCC(=O)O)C(=O)O)cc1. The minimum atomic E-state index is -1.33. The maximum absolute atomic E-state index is 12.5. The molecule has 0 spiro atoms. The number of aliphatic carboxylic acids is 2. The molecule has 2 amide bonds. The van der Waals surface area contributed by atoms with Crippen molar-refractivity contribution in [2.75, 3.05) is 28.2 Å². The van der Waals surface area contributed by atoms with E-state index in [2.05, 4.69) is 20.6 Å². The molecule has 35 heavy (non-hydrogen) atoms. The van der Waals surface area contributed by atoms with Gasteiger partial charge in [-0.05, 0) is 43.5 Å². The lowest BCUT2D eigenvalue weighted by molar-refractivity contribution is -0.140. The molecular weight excluding hydrogens is 458 g/mol. The average molecular weight is 486 g/mol. The molecule has 0 bridgehead atoms. The number of anilines is 4. The molecule has 2 aromatic rings. The van der Waals surface area contributed by atoms with Crippen molar-refractivity contribution in [3.63, 3.8) is 0 Å². The Morgan fingerprint density at radius 3 is 2.46 bits per heavy atom. The summed E-state index contributed by atoms with van der Waals surface area (Å²) < 4.78 is 0. The molecule has 1 aliphatic rings. The summed E-state index contributed by atoms with van der Waals surface area (Å²) in [5.41, 5.74) is 13.6. The van der Waals surface area contributed by atoms with Gasteiger partial charge in [-0.2, -0.15) is 4.98 Å². The van der Waals surface area contributed by atoms with Gasteiger partial charge in [-0.3, -0.25) is 14.4 Å². The molecule has 1 aliphatic heterocycles. The van der Waals surface area contributed by atoms with Gasteiger partial charge >= 0.3 is 11.9 Å². The summed E-state index contributed by atoms with van der Waals surface area (Å²) in [6.45, 7) is 1.75. The number of nitrogens with zero attached hydrogens (tertiary/aromatic N) is 3. The molecule has 0 saturated carbocycles. The molecule has 1 aromatic carbocycles. The molecule has 13 heteroatoms. The average Bonchev–Trinajstić information content (AvgIpc) is 2.79. The quantitative estimate of drug-likeness (QED) is 0.287. The van der Waals surface area contributed by atoms with Crippen LogP contribution in [0.5, 0.6) is 0 Å². The molecule has 3 rings (SSSR count). The van der Waals surface area contributed by atoms with Crippen molar-refractivity contribution < 1.29 is 29.4 Å². The van der Waals surface area contributed by atoms with E-state index in [1.807, 2.05) is 0 Å². The molecule has 13 nitrogen and oxygen atoms in total. The van der Waals surface area contributed by atoms with Gasteiger partial charge in [-0.25, -0.2) is 9.78 Å². The van der Waals surface area contributed by atoms with Crippen LogP contribution in [0.2, 0.25) is 0 Å². The number of hydrogen-bond acceptors (Lipinski definition) is 9. The first-order chi connectivity index (χ1) is 16.5. The van der Waals surface area contributed by atoms with Crippen molar-refractivity contribution in [3.8, 4) is 0 Å². The number of hydrogen-bond donors (Lipinski definition) is 6. The maximum atomic E-state index is 12.5. The molecule has 186 valence electrons. The molecule has 0 radical (unpaired) electrons. The van der Waals surface area contributed by atoms with E-state index in [4.69, 9.17) is 16.6 Å². The van der Waals surface area contributed by atoms with Crippen molar-refractivity contribution in [3.05, 3.63) is 35.5 Å². The fourth-order valence-corrected chi connectivity index (χ4v) is 3.80. The van der Waals surface area contributed by atoms with Gasteiger partial charge in [0.1, 0.15) is 6.04 Å². The summed E-state index contributed by atoms with van der Waals surface area (Å²) >= 11 is 0. The predicted molar refractivity (Wildman–Crippen MR) is 127 cm³/mol. The second-order valence-electron chi connectivity index (χ2n) is 8.14. The molecule has 1 aromatic heterocycles. The van der Waals surface area contributed by atoms with Crippen LogP contribution in [-0.4, -0.2) is 62.6 Å². The van der Waals surface area contributed by atoms with Gasteiger partial charge in [0.15, 0.2) is 5.82 Å². The predicted octanol–water partition coefficient (Wildman–Crippen LogP) is 0.469. The lowest BCUT2D eigenvalue weighted by Crippen LogP contribution is -2.42. The monoisotopic (exact) mass is 485 g/mol. The maximum Gasteiger partial charge on any atom is 0.326 e. The number of benzene rings is 1. The zero-order valence-corrected chi connectivity index (χ0v) is 19.0. The number of aromatic nitrogens is 2. The van der Waals surface area contributed by atoms with Crippen LogP contribution >= 0.6 is 0 Å². The van der Waals surface area contributed by atoms with Crippen molar-refractivity contribution >= 4 is 46.9 Å². The van der Waals surface area contributed by atoms with E-state index in [9.17, 15) is 24.3 Å². The van der Waals surface area contributed by atoms with Crippen LogP contribution in [0.3, 0.4) is 0 Å². The lowest BCUT2D eigenvalue weighted by Gasteiger charge is -2.32. The number of fused-ring (bicyclic) bond motifs is 1. The van der Waals surface area contributed by atoms with Gasteiger partial charge in [-0.1, -0.05) is 0 Å². The molecule has 8 N–H and O–H groups in total. The van der Waals surface area contributed by atoms with Crippen LogP contribution < -0.4 is 27.0 Å². The number of nitrogens with two attached hydrogens (primary N) is 2. The second-order valence-corrected chi connectivity index (χ2v) is 8.14. The summed E-state index contributed by atoms with van der Waals surface area (Å²) in [4.78, 5) is 56.6. The topological polar surface area (TPSA) is 214 Å². The highest BCUT2D eigenvalue weighted by Crippen LogP contribution is 2.29. The number of aryl methyl sites for hydroxylation is 1. The Kier molecular flexibility index (Phi) is 7.69. The number of carbonyl (C=O) groups excluding carboxylic acids is 2. The Labute approximate surface area is 200 Å². The Balaban J connectivity index is 1.69. The third kappa shape index (κ3) is 6.34. The summed E-state index contributed by atoms with van der Waals surface area (Å²) in [5.74, 6) is -3.01. The largest absolute Gasteiger partial charge is 0.481 e. The number of carboxylic acid groups (broad SMARTS) is 2. The van der Waals surface area contributed by atoms with Gasteiger partial charge in [0.05, 0.1) is 11.4 Å². The van der Waals surface area contributed by atoms with E-state index in [-0.39, 0.29) is 35.7 Å². The normalized spacial score (nSPS) is 15.3. The summed E-state index contributed by atoms with van der Waals surface area (Å²) in [6, 6.07) is 4.63. The molecule has 1 unspecified atom stereocenters. The molecular formula is C22H27N7O6. The smallest absolute Gasteiger partial charge is 0.326 e. The summed E-state index contributed by atoms with van der Waals surface area (Å²) in [7, 11) is 0. The first-order valence-corrected chi connectivity index (χ1v) is 10.9. The highest BCUT2D eigenvalue weighted by molar-refractivity contribution is 5.98. The Hall–Kier alpha value is -4.42. The third-order valence-electron chi connectivity index (χ3n) is 5.58. The fourth-order valence-electron chi connectivity index (χ4n) is 3.80. The molecule has 0 saturated heterocycles. The number of carbonyl (C=O) groups is 4. The van der Waals surface area contributed by atoms with Gasteiger partial charge in [-0.15, -0.1) is 0 Å². The van der Waals surface area contributed by atoms with E-state index in [0.29, 0.717) is 30.8 Å². The highest BCUT2D eigenvalue weighted by Gasteiger charge is 2.26. The fraction of sp³-hybridized carbons (Fsp3) is 0.364. The van der Waals surface area contributed by atoms with Crippen molar-refractivity contribution in [2.45, 2.75) is 44.7 Å². The third-order valence-corrected chi connectivity index (χ3v) is 5.58. The van der Waals surface area contributed by atoms with E-state index >= 15 is 0 Å². The van der Waals surface area contributed by atoms with Crippen LogP contribution in [0.25, 0.3) is 0 Å². The number of amides is 2. The van der Waals surface area contributed by atoms with Crippen LogP contribution in [0, 0.1) is 0 Å². The Morgan fingerprint density at radius 2 is 1.86 bits per heavy atom. The number of carboxylic acids is 2. The van der Waals surface area contributed by atoms with Crippen LogP contribution in [0.4, 0.5) is 23.1 Å². The van der Waals surface area contributed by atoms with Crippen molar-refractivity contribution in [1.29, 1.82) is 0 Å². The standard InChI is InChI=1S/C22H27N7O6/c1-11(30)29(10-13-4-7-15-18(25-13)19(23)28-22(24)27-15)14-5-2-12(3-6-14)20(33)26-16(21(34)35)8-9-17(31)32/h2-3,5-6,13,16,25H,4,7-10H2,1H3,(H,26,33)(H,31,32)(H,34,35)(H4,23,24,27,28)/t13?,16-/m0/s1. The number of rotatable bonds is 9. The van der Waals surface area contributed by atoms with Crippen LogP contribution in [0.1, 0.15) is 42.2 Å². The van der Waals surface area contributed by atoms with E-state index in [1.54, 1.807) is 17.0 Å². The Morgan fingerprint density at radius 1 is 1.17 bits per heavy atom. The highest BCUT2D eigenvalue weighted by atomic mass is 16.4. The van der Waals surface area contributed by atoms with Gasteiger partial charge in [0, 0.05) is 37.2 Å². The number of nitrogens with one attached hydrogen (secondary N) is 2. The molecule has 2 heterocycles. The van der Waals surface area contributed by atoms with Gasteiger partial charge in [0.25, 0.3) is 5.91 Å². The molecule has 0 aliphatic carbocycles. The first-order valence-electron chi connectivity index (χ1n) is 10.9. The second kappa shape index (κ2) is 10.7. The van der Waals surface area contributed by atoms with E-state index in [1.165, 1.54) is 19.1 Å². The molecule has 0 fully saturated rings. The van der Waals surface area contributed by atoms with E-state index in [0.717, 1.165) is 5.69 Å². The first kappa shape index (κ1) is 25.2. The van der Waals surface area contributed by atoms with Gasteiger partial charge < -0.3 is 37.2 Å². The Bertz CT molecular complexity index is 1140. The van der Waals surface area contributed by atoms with Gasteiger partial charge in [0.2, 0.25) is 11.9 Å². The minimum Gasteiger partial charge on any atom is -0.481 e. The van der Waals surface area contributed by atoms with E-state index < -0.39 is 30.3 Å². The van der Waals surface area contributed by atoms with Crippen LogP contribution in [0.15, 0.2) is 24.3 Å². The van der Waals surface area contributed by atoms with Crippen molar-refractivity contribution in [2.24, 2.45) is 0 Å². The molecule has 2 atom stereocenters. The summed E-state index contributed by atoms with van der Waals surface area (Å²) in [5, 5.41) is 23.6. The lowest BCUT2D eigenvalue weighted by atomic mass is 10.0. The zero-order valence-electron chi connectivity index (χ0n) is 19.0. The van der Waals surface area contributed by atoms with Crippen LogP contribution in [-0.2, 0) is 20.8 Å². The number of nitrogen functional groups attached to an aromatic ring is 2.